The van der Waals surface area contributed by atoms with Gasteiger partial charge in [0.1, 0.15) is 5.01 Å². The lowest BCUT2D eigenvalue weighted by Gasteiger charge is -2.35. The van der Waals surface area contributed by atoms with Gasteiger partial charge in [-0.05, 0) is 38.5 Å². The number of nitrogens with zero attached hydrogens (tertiary/aromatic N) is 2. The van der Waals surface area contributed by atoms with Gasteiger partial charge >= 0.3 is 0 Å². The van der Waals surface area contributed by atoms with Crippen LogP contribution in [0, 0.1) is 6.92 Å². The second-order valence-electron chi connectivity index (χ2n) is 6.39. The van der Waals surface area contributed by atoms with E-state index in [1.54, 1.807) is 11.3 Å². The van der Waals surface area contributed by atoms with Crippen molar-refractivity contribution in [2.75, 3.05) is 18.4 Å². The van der Waals surface area contributed by atoms with Crippen LogP contribution >= 0.6 is 11.3 Å². The molecule has 124 valence electrons. The summed E-state index contributed by atoms with van der Waals surface area (Å²) in [6.07, 6.45) is 0.626. The first-order valence-electron chi connectivity index (χ1n) is 8.20. The van der Waals surface area contributed by atoms with Gasteiger partial charge in [-0.2, -0.15) is 0 Å². The van der Waals surface area contributed by atoms with Crippen LogP contribution < -0.4 is 5.32 Å². The van der Waals surface area contributed by atoms with E-state index >= 15 is 0 Å². The molecule has 2 aromatic rings. The van der Waals surface area contributed by atoms with Gasteiger partial charge in [0.25, 0.3) is 0 Å². The lowest BCUT2D eigenvalue weighted by molar-refractivity contribution is -0.0704. The monoisotopic (exact) mass is 331 g/mol. The van der Waals surface area contributed by atoms with Gasteiger partial charge in [-0.1, -0.05) is 12.1 Å². The van der Waals surface area contributed by atoms with E-state index in [0.717, 1.165) is 42.6 Å². The Hall–Kier alpha value is -1.43. The number of aromatic nitrogens is 1. The minimum atomic E-state index is 0.313. The smallest absolute Gasteiger partial charge is 0.112 e. The van der Waals surface area contributed by atoms with Gasteiger partial charge < -0.3 is 10.1 Å². The van der Waals surface area contributed by atoms with E-state index < -0.39 is 0 Å². The standard InChI is InChI=1S/C18H25N3OS/c1-13-12-23-18(20-13)8-19-17-6-4-5-16(7-17)11-21-9-14(2)22-15(3)10-21/h4-7,12,14-15,19H,8-11H2,1-3H3/t14-,15-/m1/s1. The maximum Gasteiger partial charge on any atom is 0.112 e. The van der Waals surface area contributed by atoms with Crippen molar-refractivity contribution in [3.05, 3.63) is 45.9 Å². The molecule has 0 aliphatic carbocycles. The van der Waals surface area contributed by atoms with E-state index in [2.05, 4.69) is 58.7 Å². The lowest BCUT2D eigenvalue weighted by Crippen LogP contribution is -2.44. The second-order valence-corrected chi connectivity index (χ2v) is 7.33. The van der Waals surface area contributed by atoms with Crippen LogP contribution in [0.1, 0.15) is 30.1 Å². The van der Waals surface area contributed by atoms with Crippen LogP contribution in [-0.2, 0) is 17.8 Å². The Kier molecular flexibility index (Phi) is 5.30. The molecule has 2 heterocycles. The first kappa shape index (κ1) is 16.4. The zero-order chi connectivity index (χ0) is 16.2. The first-order chi connectivity index (χ1) is 11.1. The van der Waals surface area contributed by atoms with Gasteiger partial charge in [-0.25, -0.2) is 4.98 Å². The Balaban J connectivity index is 1.58. The molecular formula is C18H25N3OS. The lowest BCUT2D eigenvalue weighted by atomic mass is 10.1. The number of anilines is 1. The molecule has 1 aliphatic heterocycles. The van der Waals surface area contributed by atoms with Crippen molar-refractivity contribution in [1.82, 2.24) is 9.88 Å². The van der Waals surface area contributed by atoms with Crippen molar-refractivity contribution in [3.8, 4) is 0 Å². The van der Waals surface area contributed by atoms with Gasteiger partial charge in [-0.15, -0.1) is 11.3 Å². The van der Waals surface area contributed by atoms with Crippen molar-refractivity contribution < 1.29 is 4.74 Å². The van der Waals surface area contributed by atoms with E-state index in [0.29, 0.717) is 12.2 Å². The van der Waals surface area contributed by atoms with Crippen LogP contribution in [0.15, 0.2) is 29.6 Å². The Morgan fingerprint density at radius 2 is 2.09 bits per heavy atom. The number of rotatable bonds is 5. The van der Waals surface area contributed by atoms with Gasteiger partial charge in [0.05, 0.1) is 18.8 Å². The van der Waals surface area contributed by atoms with E-state index in [-0.39, 0.29) is 0 Å². The molecule has 23 heavy (non-hydrogen) atoms. The highest BCUT2D eigenvalue weighted by molar-refractivity contribution is 7.09. The zero-order valence-electron chi connectivity index (χ0n) is 14.1. The molecule has 0 bridgehead atoms. The molecule has 5 heteroatoms. The number of nitrogens with one attached hydrogen (secondary N) is 1. The zero-order valence-corrected chi connectivity index (χ0v) is 14.9. The van der Waals surface area contributed by atoms with Crippen LogP contribution in [0.3, 0.4) is 0 Å². The third-order valence-corrected chi connectivity index (χ3v) is 4.91. The average molecular weight is 331 g/mol. The second kappa shape index (κ2) is 7.43. The van der Waals surface area contributed by atoms with E-state index in [4.69, 9.17) is 4.74 Å². The van der Waals surface area contributed by atoms with Crippen LogP contribution in [0.5, 0.6) is 0 Å². The number of ether oxygens (including phenoxy) is 1. The molecule has 1 aromatic carbocycles. The summed E-state index contributed by atoms with van der Waals surface area (Å²) in [6, 6.07) is 8.68. The van der Waals surface area contributed by atoms with Gasteiger partial charge in [-0.3, -0.25) is 4.90 Å². The first-order valence-corrected chi connectivity index (χ1v) is 9.08. The summed E-state index contributed by atoms with van der Waals surface area (Å²) >= 11 is 1.71. The summed E-state index contributed by atoms with van der Waals surface area (Å²) < 4.78 is 5.81. The average Bonchev–Trinajstić information content (AvgIpc) is 2.90. The highest BCUT2D eigenvalue weighted by Crippen LogP contribution is 2.18. The summed E-state index contributed by atoms with van der Waals surface area (Å²) in [5, 5.41) is 6.69. The molecule has 0 radical (unpaired) electrons. The van der Waals surface area contributed by atoms with Gasteiger partial charge in [0.15, 0.2) is 0 Å². The van der Waals surface area contributed by atoms with Crippen molar-refractivity contribution >= 4 is 17.0 Å². The fourth-order valence-corrected chi connectivity index (χ4v) is 3.82. The third kappa shape index (κ3) is 4.77. The number of hydrogen-bond acceptors (Lipinski definition) is 5. The number of thiazole rings is 1. The summed E-state index contributed by atoms with van der Waals surface area (Å²) in [7, 11) is 0. The molecule has 1 aliphatic rings. The topological polar surface area (TPSA) is 37.4 Å². The fraction of sp³-hybridized carbons (Fsp3) is 0.500. The number of hydrogen-bond donors (Lipinski definition) is 1. The van der Waals surface area contributed by atoms with Crippen LogP contribution in [-0.4, -0.2) is 35.2 Å². The van der Waals surface area contributed by atoms with E-state index in [1.165, 1.54) is 5.56 Å². The molecule has 1 aromatic heterocycles. The predicted octanol–water partition coefficient (Wildman–Crippen LogP) is 3.67. The molecular weight excluding hydrogens is 306 g/mol. The molecule has 0 saturated carbocycles. The van der Waals surface area contributed by atoms with Crippen molar-refractivity contribution in [2.24, 2.45) is 0 Å². The SMILES string of the molecule is Cc1csc(CNc2cccc(CN3C[C@@H](C)O[C@H](C)C3)c2)n1. The summed E-state index contributed by atoms with van der Waals surface area (Å²) in [4.78, 5) is 6.97. The normalized spacial score (nSPS) is 22.2. The molecule has 3 rings (SSSR count). The molecule has 1 N–H and O–H groups in total. The number of morpholine rings is 1. The largest absolute Gasteiger partial charge is 0.379 e. The summed E-state index contributed by atoms with van der Waals surface area (Å²) in [5.41, 5.74) is 3.59. The Labute approximate surface area is 142 Å². The summed E-state index contributed by atoms with van der Waals surface area (Å²) in [5.74, 6) is 0. The Morgan fingerprint density at radius 1 is 1.30 bits per heavy atom. The maximum atomic E-state index is 5.81. The Bertz CT molecular complexity index is 633. The molecule has 0 amide bonds. The quantitative estimate of drug-likeness (QED) is 0.907. The summed E-state index contributed by atoms with van der Waals surface area (Å²) in [6.45, 7) is 10.1. The van der Waals surface area contributed by atoms with Crippen LogP contribution in [0.4, 0.5) is 5.69 Å². The molecule has 4 nitrogen and oxygen atoms in total. The molecule has 1 saturated heterocycles. The number of aryl methyl sites for hydroxylation is 1. The van der Waals surface area contributed by atoms with Crippen molar-refractivity contribution in [1.29, 1.82) is 0 Å². The molecule has 1 fully saturated rings. The maximum absolute atomic E-state index is 5.81. The minimum Gasteiger partial charge on any atom is -0.379 e. The molecule has 0 spiro atoms. The van der Waals surface area contributed by atoms with Crippen molar-refractivity contribution in [3.63, 3.8) is 0 Å². The number of benzene rings is 1. The molecule has 2 atom stereocenters. The fourth-order valence-electron chi connectivity index (χ4n) is 3.11. The van der Waals surface area contributed by atoms with Gasteiger partial charge in [0, 0.05) is 36.4 Å². The van der Waals surface area contributed by atoms with E-state index in [1.807, 2.05) is 6.92 Å². The highest BCUT2D eigenvalue weighted by Gasteiger charge is 2.21. The third-order valence-electron chi connectivity index (χ3n) is 3.94. The highest BCUT2D eigenvalue weighted by atomic mass is 32.1. The molecule has 0 unspecified atom stereocenters. The van der Waals surface area contributed by atoms with Gasteiger partial charge in [0.2, 0.25) is 0 Å². The Morgan fingerprint density at radius 3 is 2.78 bits per heavy atom. The van der Waals surface area contributed by atoms with Crippen molar-refractivity contribution in [2.45, 2.75) is 46.1 Å². The predicted molar refractivity (Wildman–Crippen MR) is 95.9 cm³/mol. The van der Waals surface area contributed by atoms with Crippen LogP contribution in [0.2, 0.25) is 0 Å². The van der Waals surface area contributed by atoms with Crippen LogP contribution in [0.25, 0.3) is 0 Å². The van der Waals surface area contributed by atoms with E-state index in [9.17, 15) is 0 Å². The minimum absolute atomic E-state index is 0.313.